The summed E-state index contributed by atoms with van der Waals surface area (Å²) in [5, 5.41) is 7.84. The summed E-state index contributed by atoms with van der Waals surface area (Å²) in [7, 11) is 3.18. The Morgan fingerprint density at radius 3 is 2.41 bits per heavy atom. The van der Waals surface area contributed by atoms with Gasteiger partial charge in [0.2, 0.25) is 0 Å². The minimum Gasteiger partial charge on any atom is -0.493 e. The molecule has 2 N–H and O–H groups in total. The molecular weight excluding hydrogens is 218 g/mol. The highest BCUT2D eigenvalue weighted by atomic mass is 16.5. The summed E-state index contributed by atoms with van der Waals surface area (Å²) in [5.41, 5.74) is 7.01. The Labute approximate surface area is 99.2 Å². The second kappa shape index (κ2) is 4.69. The Hall–Kier alpha value is -2.30. The summed E-state index contributed by atoms with van der Waals surface area (Å²) >= 11 is 0. The van der Waals surface area contributed by atoms with Crippen LogP contribution < -0.4 is 15.2 Å². The van der Waals surface area contributed by atoms with Crippen LogP contribution in [0.25, 0.3) is 11.3 Å². The number of anilines is 1. The number of methoxy groups -OCH3 is 2. The van der Waals surface area contributed by atoms with Gasteiger partial charge in [-0.05, 0) is 24.3 Å². The van der Waals surface area contributed by atoms with Crippen LogP contribution in [0.2, 0.25) is 0 Å². The molecule has 0 bridgehead atoms. The van der Waals surface area contributed by atoms with Crippen LogP contribution in [0.15, 0.2) is 30.3 Å². The van der Waals surface area contributed by atoms with Gasteiger partial charge in [0.15, 0.2) is 11.5 Å². The van der Waals surface area contributed by atoms with E-state index in [2.05, 4.69) is 10.2 Å². The largest absolute Gasteiger partial charge is 0.493 e. The van der Waals surface area contributed by atoms with Crippen molar-refractivity contribution < 1.29 is 9.47 Å². The normalized spacial score (nSPS) is 10.0. The second-order valence-electron chi connectivity index (χ2n) is 3.38. The maximum Gasteiger partial charge on any atom is 0.170 e. The Bertz CT molecular complexity index is 512. The predicted molar refractivity (Wildman–Crippen MR) is 65.0 cm³/mol. The number of hydrogen-bond donors (Lipinski definition) is 1. The fourth-order valence-corrected chi connectivity index (χ4v) is 1.58. The monoisotopic (exact) mass is 231 g/mol. The van der Waals surface area contributed by atoms with E-state index in [1.165, 1.54) is 0 Å². The van der Waals surface area contributed by atoms with Gasteiger partial charge in [0.05, 0.1) is 19.9 Å². The van der Waals surface area contributed by atoms with Gasteiger partial charge < -0.3 is 15.2 Å². The van der Waals surface area contributed by atoms with Crippen LogP contribution in [-0.2, 0) is 0 Å². The molecule has 0 spiro atoms. The molecule has 5 nitrogen and oxygen atoms in total. The zero-order valence-corrected chi connectivity index (χ0v) is 9.68. The van der Waals surface area contributed by atoms with Crippen LogP contribution >= 0.6 is 0 Å². The maximum atomic E-state index is 5.50. The lowest BCUT2D eigenvalue weighted by Crippen LogP contribution is -1.97. The van der Waals surface area contributed by atoms with Crippen molar-refractivity contribution in [2.24, 2.45) is 0 Å². The van der Waals surface area contributed by atoms with Crippen LogP contribution in [0.4, 0.5) is 5.82 Å². The Morgan fingerprint density at radius 2 is 1.82 bits per heavy atom. The van der Waals surface area contributed by atoms with Crippen molar-refractivity contribution >= 4 is 5.82 Å². The molecule has 0 saturated carbocycles. The van der Waals surface area contributed by atoms with E-state index in [1.54, 1.807) is 26.4 Å². The third kappa shape index (κ3) is 2.13. The molecule has 2 rings (SSSR count). The molecule has 1 heterocycles. The van der Waals surface area contributed by atoms with Crippen LogP contribution in [0.5, 0.6) is 11.5 Å². The molecule has 0 radical (unpaired) electrons. The van der Waals surface area contributed by atoms with E-state index in [1.807, 2.05) is 18.2 Å². The van der Waals surface area contributed by atoms with Gasteiger partial charge in [0, 0.05) is 5.56 Å². The molecule has 1 aromatic carbocycles. The van der Waals surface area contributed by atoms with Gasteiger partial charge in [-0.15, -0.1) is 10.2 Å². The smallest absolute Gasteiger partial charge is 0.170 e. The summed E-state index contributed by atoms with van der Waals surface area (Å²) in [6.45, 7) is 0. The van der Waals surface area contributed by atoms with Crippen LogP contribution in [0.3, 0.4) is 0 Å². The molecule has 88 valence electrons. The predicted octanol–water partition coefficient (Wildman–Crippen LogP) is 1.74. The molecule has 2 aromatic rings. The minimum atomic E-state index is 0.385. The lowest BCUT2D eigenvalue weighted by atomic mass is 10.1. The summed E-state index contributed by atoms with van der Waals surface area (Å²) in [6.07, 6.45) is 0. The van der Waals surface area contributed by atoms with Gasteiger partial charge in [0.25, 0.3) is 0 Å². The fourth-order valence-electron chi connectivity index (χ4n) is 1.58. The molecule has 0 aliphatic rings. The highest BCUT2D eigenvalue weighted by Crippen LogP contribution is 2.36. The second-order valence-corrected chi connectivity index (χ2v) is 3.38. The number of benzene rings is 1. The van der Waals surface area contributed by atoms with E-state index in [0.717, 1.165) is 5.56 Å². The van der Waals surface area contributed by atoms with E-state index < -0.39 is 0 Å². The van der Waals surface area contributed by atoms with Crippen LogP contribution in [0, 0.1) is 0 Å². The maximum absolute atomic E-state index is 5.50. The number of para-hydroxylation sites is 1. The van der Waals surface area contributed by atoms with Crippen molar-refractivity contribution in [2.45, 2.75) is 0 Å². The van der Waals surface area contributed by atoms with E-state index >= 15 is 0 Å². The summed E-state index contributed by atoms with van der Waals surface area (Å²) < 4.78 is 10.6. The van der Waals surface area contributed by atoms with E-state index in [0.29, 0.717) is 23.0 Å². The van der Waals surface area contributed by atoms with Crippen LogP contribution in [0.1, 0.15) is 0 Å². The zero-order chi connectivity index (χ0) is 12.3. The fraction of sp³-hybridized carbons (Fsp3) is 0.167. The average molecular weight is 231 g/mol. The average Bonchev–Trinajstić information content (AvgIpc) is 2.38. The van der Waals surface area contributed by atoms with Gasteiger partial charge in [-0.2, -0.15) is 0 Å². The number of nitrogen functional groups attached to an aromatic ring is 1. The number of aromatic nitrogens is 2. The molecule has 0 aliphatic carbocycles. The van der Waals surface area contributed by atoms with Crippen molar-refractivity contribution in [1.29, 1.82) is 0 Å². The van der Waals surface area contributed by atoms with E-state index in [-0.39, 0.29) is 0 Å². The first-order chi connectivity index (χ1) is 8.26. The molecule has 0 atom stereocenters. The third-order valence-corrected chi connectivity index (χ3v) is 2.36. The van der Waals surface area contributed by atoms with Gasteiger partial charge in [-0.1, -0.05) is 6.07 Å². The highest BCUT2D eigenvalue weighted by molar-refractivity contribution is 5.71. The van der Waals surface area contributed by atoms with Gasteiger partial charge in [0.1, 0.15) is 5.82 Å². The Morgan fingerprint density at radius 1 is 1.00 bits per heavy atom. The molecule has 0 amide bonds. The van der Waals surface area contributed by atoms with E-state index in [4.69, 9.17) is 15.2 Å². The van der Waals surface area contributed by atoms with Crippen LogP contribution in [-0.4, -0.2) is 24.4 Å². The van der Waals surface area contributed by atoms with Crippen molar-refractivity contribution in [3.63, 3.8) is 0 Å². The first-order valence-corrected chi connectivity index (χ1v) is 5.07. The number of rotatable bonds is 3. The number of nitrogens with zero attached hydrogens (tertiary/aromatic N) is 2. The zero-order valence-electron chi connectivity index (χ0n) is 9.68. The summed E-state index contributed by atoms with van der Waals surface area (Å²) in [5.74, 6) is 1.67. The standard InChI is InChI=1S/C12H13N3O2/c1-16-10-5-3-4-8(12(10)17-2)9-6-7-11(13)15-14-9/h3-7H,1-2H3,(H2,13,15). The quantitative estimate of drug-likeness (QED) is 0.871. The Balaban J connectivity index is 2.54. The Kier molecular flexibility index (Phi) is 3.09. The SMILES string of the molecule is COc1cccc(-c2ccc(N)nn2)c1OC. The number of hydrogen-bond acceptors (Lipinski definition) is 5. The topological polar surface area (TPSA) is 70.3 Å². The third-order valence-electron chi connectivity index (χ3n) is 2.36. The molecule has 5 heteroatoms. The van der Waals surface area contributed by atoms with Crippen molar-refractivity contribution in [2.75, 3.05) is 20.0 Å². The van der Waals surface area contributed by atoms with Crippen molar-refractivity contribution in [3.8, 4) is 22.8 Å². The lowest BCUT2D eigenvalue weighted by Gasteiger charge is -2.11. The van der Waals surface area contributed by atoms with E-state index in [9.17, 15) is 0 Å². The molecule has 17 heavy (non-hydrogen) atoms. The number of ether oxygens (including phenoxy) is 2. The van der Waals surface area contributed by atoms with Gasteiger partial charge >= 0.3 is 0 Å². The van der Waals surface area contributed by atoms with Crippen molar-refractivity contribution in [3.05, 3.63) is 30.3 Å². The molecule has 0 aliphatic heterocycles. The molecule has 0 unspecified atom stereocenters. The first-order valence-electron chi connectivity index (χ1n) is 5.07. The molecular formula is C12H13N3O2. The molecule has 1 aromatic heterocycles. The summed E-state index contributed by atoms with van der Waals surface area (Å²) in [4.78, 5) is 0. The number of nitrogens with two attached hydrogens (primary N) is 1. The van der Waals surface area contributed by atoms with Gasteiger partial charge in [-0.25, -0.2) is 0 Å². The highest BCUT2D eigenvalue weighted by Gasteiger charge is 2.12. The van der Waals surface area contributed by atoms with Gasteiger partial charge in [-0.3, -0.25) is 0 Å². The van der Waals surface area contributed by atoms with Crippen molar-refractivity contribution in [1.82, 2.24) is 10.2 Å². The molecule has 0 saturated heterocycles. The molecule has 0 fully saturated rings. The summed E-state index contributed by atoms with van der Waals surface area (Å²) in [6, 6.07) is 9.07. The minimum absolute atomic E-state index is 0.385. The first kappa shape index (κ1) is 11.2. The lowest BCUT2D eigenvalue weighted by molar-refractivity contribution is 0.356.